The maximum atomic E-state index is 11.4. The number of hydrogen-bond acceptors (Lipinski definition) is 9. The van der Waals surface area contributed by atoms with E-state index in [0.717, 1.165) is 66.6 Å². The van der Waals surface area contributed by atoms with Crippen molar-refractivity contribution in [3.63, 3.8) is 0 Å². The molecule has 35 heavy (non-hydrogen) atoms. The van der Waals surface area contributed by atoms with Crippen LogP contribution < -0.4 is 11.5 Å². The molecule has 0 fully saturated rings. The topological polar surface area (TPSA) is 138 Å². The van der Waals surface area contributed by atoms with Crippen molar-refractivity contribution >= 4 is 46.2 Å². The van der Waals surface area contributed by atoms with Crippen molar-refractivity contribution in [1.82, 2.24) is 20.4 Å². The second kappa shape index (κ2) is 12.0. The highest BCUT2D eigenvalue weighted by atomic mass is 32.2. The van der Waals surface area contributed by atoms with Gasteiger partial charge < -0.3 is 11.5 Å². The SMILES string of the molecule is NC(=O)Cc1ccccc1-c1nnc(CCSCCc2nnc(-c3ccccc3CC(N)=O)s2)s1. The molecule has 0 saturated carbocycles. The number of aromatic nitrogens is 4. The standard InChI is InChI=1S/C24H24N6O2S3/c25-19(31)13-15-5-1-3-7-17(15)23-29-27-21(34-23)9-11-33-12-10-22-28-30-24(35-22)18-8-4-2-6-16(18)14-20(26)32/h1-8H,9-14H2,(H2,25,31)(H2,26,32). The lowest BCUT2D eigenvalue weighted by atomic mass is 10.1. The third-order valence-electron chi connectivity index (χ3n) is 5.08. The van der Waals surface area contributed by atoms with Gasteiger partial charge in [0.2, 0.25) is 11.8 Å². The summed E-state index contributed by atoms with van der Waals surface area (Å²) in [7, 11) is 0. The maximum Gasteiger partial charge on any atom is 0.221 e. The summed E-state index contributed by atoms with van der Waals surface area (Å²) in [4.78, 5) is 22.7. The van der Waals surface area contributed by atoms with Gasteiger partial charge >= 0.3 is 0 Å². The van der Waals surface area contributed by atoms with Gasteiger partial charge in [0, 0.05) is 24.0 Å². The molecule has 0 saturated heterocycles. The molecule has 0 radical (unpaired) electrons. The molecule has 0 aliphatic heterocycles. The highest BCUT2D eigenvalue weighted by molar-refractivity contribution is 7.99. The lowest BCUT2D eigenvalue weighted by Gasteiger charge is -2.03. The minimum absolute atomic E-state index is 0.186. The average Bonchev–Trinajstić information content (AvgIpc) is 3.49. The Hall–Kier alpha value is -3.15. The van der Waals surface area contributed by atoms with Gasteiger partial charge in [-0.3, -0.25) is 9.59 Å². The highest BCUT2D eigenvalue weighted by Gasteiger charge is 2.14. The molecule has 11 heteroatoms. The Labute approximate surface area is 215 Å². The van der Waals surface area contributed by atoms with Crippen LogP contribution in [0.15, 0.2) is 48.5 Å². The zero-order valence-electron chi connectivity index (χ0n) is 18.8. The van der Waals surface area contributed by atoms with Crippen LogP contribution in [0.5, 0.6) is 0 Å². The van der Waals surface area contributed by atoms with E-state index in [1.807, 2.05) is 60.3 Å². The van der Waals surface area contributed by atoms with E-state index in [0.29, 0.717) is 0 Å². The van der Waals surface area contributed by atoms with Gasteiger partial charge in [0.25, 0.3) is 0 Å². The van der Waals surface area contributed by atoms with Crippen LogP contribution in [0, 0.1) is 0 Å². The van der Waals surface area contributed by atoms with Crippen molar-refractivity contribution in [3.8, 4) is 21.1 Å². The summed E-state index contributed by atoms with van der Waals surface area (Å²) in [6.07, 6.45) is 2.01. The first-order valence-corrected chi connectivity index (χ1v) is 13.7. The van der Waals surface area contributed by atoms with E-state index < -0.39 is 0 Å². The molecule has 0 spiro atoms. The summed E-state index contributed by atoms with van der Waals surface area (Å²) in [5, 5.41) is 20.8. The number of primary amides is 2. The Morgan fingerprint density at radius 1 is 0.686 bits per heavy atom. The van der Waals surface area contributed by atoms with Crippen LogP contribution in [0.1, 0.15) is 21.1 Å². The third kappa shape index (κ3) is 6.93. The van der Waals surface area contributed by atoms with E-state index in [9.17, 15) is 9.59 Å². The van der Waals surface area contributed by atoms with Crippen molar-refractivity contribution in [3.05, 3.63) is 69.7 Å². The summed E-state index contributed by atoms with van der Waals surface area (Å²) in [6.45, 7) is 0. The Morgan fingerprint density at radius 2 is 1.11 bits per heavy atom. The predicted octanol–water partition coefficient (Wildman–Crippen LogP) is 3.30. The number of nitrogens with zero attached hydrogens (tertiary/aromatic N) is 4. The molecule has 4 N–H and O–H groups in total. The lowest BCUT2D eigenvalue weighted by Crippen LogP contribution is -2.14. The normalized spacial score (nSPS) is 11.0. The van der Waals surface area contributed by atoms with Crippen LogP contribution >= 0.6 is 34.4 Å². The van der Waals surface area contributed by atoms with Gasteiger partial charge in [0.15, 0.2) is 0 Å². The first-order chi connectivity index (χ1) is 17.0. The number of hydrogen-bond donors (Lipinski definition) is 2. The number of benzene rings is 2. The van der Waals surface area contributed by atoms with E-state index in [2.05, 4.69) is 20.4 Å². The minimum Gasteiger partial charge on any atom is -0.369 e. The summed E-state index contributed by atoms with van der Waals surface area (Å²) >= 11 is 4.93. The zero-order valence-corrected chi connectivity index (χ0v) is 21.3. The number of nitrogens with two attached hydrogens (primary N) is 2. The maximum absolute atomic E-state index is 11.4. The molecule has 2 amide bonds. The van der Waals surface area contributed by atoms with E-state index in [1.165, 1.54) is 0 Å². The van der Waals surface area contributed by atoms with Gasteiger partial charge in [-0.05, 0) is 22.6 Å². The van der Waals surface area contributed by atoms with Gasteiger partial charge in [-0.2, -0.15) is 11.8 Å². The van der Waals surface area contributed by atoms with Crippen molar-refractivity contribution in [1.29, 1.82) is 0 Å². The number of carbonyl (C=O) groups excluding carboxylic acids is 2. The molecule has 2 aromatic heterocycles. The molecule has 4 rings (SSSR count). The molecule has 0 bridgehead atoms. The Balaban J connectivity index is 1.27. The largest absolute Gasteiger partial charge is 0.369 e. The van der Waals surface area contributed by atoms with Crippen LogP contribution in [-0.2, 0) is 35.3 Å². The first kappa shape index (κ1) is 25.0. The van der Waals surface area contributed by atoms with Gasteiger partial charge in [0.1, 0.15) is 20.0 Å². The summed E-state index contributed by atoms with van der Waals surface area (Å²) < 4.78 is 0. The van der Waals surface area contributed by atoms with Crippen molar-refractivity contribution in [2.24, 2.45) is 11.5 Å². The molecule has 2 heterocycles. The minimum atomic E-state index is -0.365. The van der Waals surface area contributed by atoms with E-state index in [-0.39, 0.29) is 24.7 Å². The van der Waals surface area contributed by atoms with Gasteiger partial charge in [-0.1, -0.05) is 71.2 Å². The third-order valence-corrected chi connectivity index (χ3v) is 8.10. The fourth-order valence-corrected chi connectivity index (χ4v) is 6.43. The smallest absolute Gasteiger partial charge is 0.221 e. The van der Waals surface area contributed by atoms with Crippen LogP contribution in [-0.4, -0.2) is 43.7 Å². The zero-order chi connectivity index (χ0) is 24.6. The number of amides is 2. The Morgan fingerprint density at radius 3 is 1.54 bits per heavy atom. The van der Waals surface area contributed by atoms with Crippen molar-refractivity contribution < 1.29 is 9.59 Å². The second-order valence-electron chi connectivity index (χ2n) is 7.71. The van der Waals surface area contributed by atoms with Crippen molar-refractivity contribution in [2.45, 2.75) is 25.7 Å². The number of thioether (sulfide) groups is 1. The fourth-order valence-electron chi connectivity index (χ4n) is 3.49. The van der Waals surface area contributed by atoms with E-state index in [1.54, 1.807) is 22.7 Å². The summed E-state index contributed by atoms with van der Waals surface area (Å²) in [5.74, 6) is 1.11. The Bertz CT molecular complexity index is 1220. The van der Waals surface area contributed by atoms with E-state index in [4.69, 9.17) is 11.5 Å². The van der Waals surface area contributed by atoms with Crippen LogP contribution in [0.25, 0.3) is 21.1 Å². The fraction of sp³-hybridized carbons (Fsp3) is 0.250. The van der Waals surface area contributed by atoms with E-state index >= 15 is 0 Å². The highest BCUT2D eigenvalue weighted by Crippen LogP contribution is 2.29. The van der Waals surface area contributed by atoms with Gasteiger partial charge in [-0.15, -0.1) is 20.4 Å². The van der Waals surface area contributed by atoms with Gasteiger partial charge in [0.05, 0.1) is 12.8 Å². The quantitative estimate of drug-likeness (QED) is 0.271. The molecule has 0 aliphatic carbocycles. The second-order valence-corrected chi connectivity index (χ2v) is 11.1. The molecule has 0 atom stereocenters. The number of rotatable bonds is 12. The molecule has 8 nitrogen and oxygen atoms in total. The molecular formula is C24H24N6O2S3. The molecule has 0 aliphatic rings. The summed E-state index contributed by atoms with van der Waals surface area (Å²) in [5.41, 5.74) is 14.3. The molecular weight excluding hydrogens is 501 g/mol. The molecule has 180 valence electrons. The van der Waals surface area contributed by atoms with Gasteiger partial charge in [-0.25, -0.2) is 0 Å². The number of carbonyl (C=O) groups is 2. The monoisotopic (exact) mass is 524 g/mol. The van der Waals surface area contributed by atoms with Crippen LogP contribution in [0.3, 0.4) is 0 Å². The van der Waals surface area contributed by atoms with Crippen LogP contribution in [0.4, 0.5) is 0 Å². The Kier molecular flexibility index (Phi) is 8.56. The van der Waals surface area contributed by atoms with Crippen LogP contribution in [0.2, 0.25) is 0 Å². The first-order valence-electron chi connectivity index (χ1n) is 10.9. The molecule has 0 unspecified atom stereocenters. The molecule has 2 aromatic carbocycles. The predicted molar refractivity (Wildman–Crippen MR) is 141 cm³/mol. The summed E-state index contributed by atoms with van der Waals surface area (Å²) in [6, 6.07) is 15.3. The lowest BCUT2D eigenvalue weighted by molar-refractivity contribution is -0.118. The number of aryl methyl sites for hydroxylation is 2. The molecule has 4 aromatic rings. The van der Waals surface area contributed by atoms with Crippen molar-refractivity contribution in [2.75, 3.05) is 11.5 Å². The average molecular weight is 525 g/mol.